The van der Waals surface area contributed by atoms with Gasteiger partial charge in [-0.1, -0.05) is 45.6 Å². The van der Waals surface area contributed by atoms with Gasteiger partial charge in [-0.05, 0) is 26.2 Å². The molecule has 0 spiro atoms. The van der Waals surface area contributed by atoms with Crippen molar-refractivity contribution < 1.29 is 23.9 Å². The van der Waals surface area contributed by atoms with Gasteiger partial charge in [0.1, 0.15) is 0 Å². The molecule has 5 nitrogen and oxygen atoms in total. The summed E-state index contributed by atoms with van der Waals surface area (Å²) in [6.07, 6.45) is 6.64. The molecule has 0 saturated heterocycles. The van der Waals surface area contributed by atoms with Gasteiger partial charge in [0.2, 0.25) is 0 Å². The lowest BCUT2D eigenvalue weighted by Gasteiger charge is -2.18. The SMILES string of the molecule is C=C(C)C(=O)OCCCC(CCCCCCC)P(=O)(O)O. The Kier molecular flexibility index (Phi) is 10.7. The molecule has 0 amide bonds. The van der Waals surface area contributed by atoms with E-state index in [1.54, 1.807) is 6.92 Å². The fourth-order valence-corrected chi connectivity index (χ4v) is 3.11. The maximum absolute atomic E-state index is 11.5. The van der Waals surface area contributed by atoms with E-state index < -0.39 is 19.2 Å². The molecule has 0 fully saturated rings. The minimum atomic E-state index is -4.07. The van der Waals surface area contributed by atoms with Crippen molar-refractivity contribution in [2.45, 2.75) is 70.9 Å². The normalized spacial score (nSPS) is 13.0. The van der Waals surface area contributed by atoms with E-state index in [0.29, 0.717) is 24.8 Å². The summed E-state index contributed by atoms with van der Waals surface area (Å²) >= 11 is 0. The van der Waals surface area contributed by atoms with Crippen LogP contribution in [0, 0.1) is 0 Å². The average molecular weight is 320 g/mol. The van der Waals surface area contributed by atoms with Crippen molar-refractivity contribution in [3.63, 3.8) is 0 Å². The molecule has 0 aromatic heterocycles. The number of ether oxygens (including phenoxy) is 1. The summed E-state index contributed by atoms with van der Waals surface area (Å²) < 4.78 is 16.4. The third kappa shape index (κ3) is 10.7. The Labute approximate surface area is 127 Å². The van der Waals surface area contributed by atoms with E-state index in [1.807, 2.05) is 0 Å². The second-order valence-corrected chi connectivity index (χ2v) is 7.41. The lowest BCUT2D eigenvalue weighted by atomic mass is 10.1. The number of carbonyl (C=O) groups is 1. The molecule has 6 heteroatoms. The smallest absolute Gasteiger partial charge is 0.333 e. The number of hydrogen-bond acceptors (Lipinski definition) is 3. The molecule has 21 heavy (non-hydrogen) atoms. The van der Waals surface area contributed by atoms with Gasteiger partial charge in [0, 0.05) is 5.57 Å². The predicted molar refractivity (Wildman–Crippen MR) is 84.2 cm³/mol. The number of rotatable bonds is 12. The van der Waals surface area contributed by atoms with Crippen molar-refractivity contribution in [3.05, 3.63) is 12.2 Å². The Morgan fingerprint density at radius 1 is 1.14 bits per heavy atom. The van der Waals surface area contributed by atoms with Crippen LogP contribution in [-0.2, 0) is 14.1 Å². The van der Waals surface area contributed by atoms with Crippen LogP contribution in [0.3, 0.4) is 0 Å². The highest BCUT2D eigenvalue weighted by Crippen LogP contribution is 2.45. The van der Waals surface area contributed by atoms with Crippen molar-refractivity contribution in [2.24, 2.45) is 0 Å². The molecule has 0 heterocycles. The number of esters is 1. The second kappa shape index (κ2) is 11.0. The van der Waals surface area contributed by atoms with E-state index in [-0.39, 0.29) is 6.61 Å². The highest BCUT2D eigenvalue weighted by atomic mass is 31.2. The number of carbonyl (C=O) groups excluding carboxylic acids is 1. The van der Waals surface area contributed by atoms with Crippen LogP contribution in [-0.4, -0.2) is 28.0 Å². The highest BCUT2D eigenvalue weighted by molar-refractivity contribution is 7.52. The summed E-state index contributed by atoms with van der Waals surface area (Å²) in [4.78, 5) is 29.9. The third-order valence-electron chi connectivity index (χ3n) is 3.38. The largest absolute Gasteiger partial charge is 0.462 e. The van der Waals surface area contributed by atoms with Crippen LogP contribution in [0.2, 0.25) is 0 Å². The van der Waals surface area contributed by atoms with Gasteiger partial charge < -0.3 is 14.5 Å². The van der Waals surface area contributed by atoms with Gasteiger partial charge in [0.25, 0.3) is 0 Å². The van der Waals surface area contributed by atoms with E-state index >= 15 is 0 Å². The zero-order valence-electron chi connectivity index (χ0n) is 13.2. The molecule has 1 atom stereocenters. The summed E-state index contributed by atoms with van der Waals surface area (Å²) in [6.45, 7) is 7.35. The fourth-order valence-electron chi connectivity index (χ4n) is 2.07. The first kappa shape index (κ1) is 20.4. The first-order valence-corrected chi connectivity index (χ1v) is 9.35. The number of unbranched alkanes of at least 4 members (excludes halogenated alkanes) is 4. The van der Waals surface area contributed by atoms with Crippen molar-refractivity contribution in [3.8, 4) is 0 Å². The maximum Gasteiger partial charge on any atom is 0.333 e. The van der Waals surface area contributed by atoms with Gasteiger partial charge in [0.05, 0.1) is 12.3 Å². The minimum Gasteiger partial charge on any atom is -0.462 e. The molecule has 0 aromatic rings. The fraction of sp³-hybridized carbons (Fsp3) is 0.800. The molecule has 0 bridgehead atoms. The van der Waals surface area contributed by atoms with Crippen LogP contribution >= 0.6 is 7.60 Å². The van der Waals surface area contributed by atoms with E-state index in [9.17, 15) is 19.1 Å². The van der Waals surface area contributed by atoms with Crippen molar-refractivity contribution in [2.75, 3.05) is 6.61 Å². The molecule has 0 aromatic carbocycles. The molecule has 0 saturated carbocycles. The Hall–Kier alpha value is -0.640. The van der Waals surface area contributed by atoms with Crippen molar-refractivity contribution in [1.29, 1.82) is 0 Å². The van der Waals surface area contributed by atoms with Gasteiger partial charge in [-0.25, -0.2) is 4.79 Å². The molecule has 124 valence electrons. The molecule has 0 aliphatic carbocycles. The zero-order valence-corrected chi connectivity index (χ0v) is 14.1. The van der Waals surface area contributed by atoms with Gasteiger partial charge in [0.15, 0.2) is 0 Å². The van der Waals surface area contributed by atoms with Gasteiger partial charge in [-0.2, -0.15) is 0 Å². The predicted octanol–water partition coefficient (Wildman–Crippen LogP) is 3.79. The number of hydrogen-bond donors (Lipinski definition) is 2. The molecular formula is C15H29O5P. The summed E-state index contributed by atoms with van der Waals surface area (Å²) in [5.41, 5.74) is -0.292. The van der Waals surface area contributed by atoms with Crippen LogP contribution in [0.25, 0.3) is 0 Å². The first-order chi connectivity index (χ1) is 9.79. The molecule has 0 aliphatic heterocycles. The molecular weight excluding hydrogens is 291 g/mol. The van der Waals surface area contributed by atoms with Crippen LogP contribution in [0.5, 0.6) is 0 Å². The third-order valence-corrected chi connectivity index (χ3v) is 4.85. The van der Waals surface area contributed by atoms with Crippen LogP contribution < -0.4 is 0 Å². The molecule has 0 radical (unpaired) electrons. The van der Waals surface area contributed by atoms with E-state index in [4.69, 9.17) is 4.74 Å². The summed E-state index contributed by atoms with van der Waals surface area (Å²) in [5, 5.41) is 0. The lowest BCUT2D eigenvalue weighted by molar-refractivity contribution is -0.139. The van der Waals surface area contributed by atoms with Crippen molar-refractivity contribution >= 4 is 13.6 Å². The standard InChI is InChI=1S/C15H29O5P/c1-4-5-6-7-8-10-14(21(17,18)19)11-9-12-20-15(16)13(2)3/h14H,2,4-12H2,1,3H3,(H2,17,18,19). The summed E-state index contributed by atoms with van der Waals surface area (Å²) in [6, 6.07) is 0. The van der Waals surface area contributed by atoms with E-state index in [2.05, 4.69) is 13.5 Å². The van der Waals surface area contributed by atoms with E-state index in [1.165, 1.54) is 0 Å². The van der Waals surface area contributed by atoms with Gasteiger partial charge in [-0.3, -0.25) is 4.57 Å². The average Bonchev–Trinajstić information content (AvgIpc) is 2.38. The molecule has 0 aliphatic rings. The monoisotopic (exact) mass is 320 g/mol. The van der Waals surface area contributed by atoms with Crippen LogP contribution in [0.15, 0.2) is 12.2 Å². The van der Waals surface area contributed by atoms with Crippen LogP contribution in [0.4, 0.5) is 0 Å². The Balaban J connectivity index is 4.00. The Morgan fingerprint density at radius 3 is 2.24 bits per heavy atom. The second-order valence-electron chi connectivity index (χ2n) is 5.50. The summed E-state index contributed by atoms with van der Waals surface area (Å²) in [7, 11) is -4.07. The topological polar surface area (TPSA) is 83.8 Å². The maximum atomic E-state index is 11.5. The highest BCUT2D eigenvalue weighted by Gasteiger charge is 2.27. The van der Waals surface area contributed by atoms with Crippen LogP contribution in [0.1, 0.15) is 65.2 Å². The first-order valence-electron chi connectivity index (χ1n) is 7.66. The Morgan fingerprint density at radius 2 is 1.71 bits per heavy atom. The molecule has 1 unspecified atom stereocenters. The van der Waals surface area contributed by atoms with E-state index in [0.717, 1.165) is 32.1 Å². The molecule has 0 rings (SSSR count). The summed E-state index contributed by atoms with van der Waals surface area (Å²) in [5.74, 6) is -0.456. The molecule has 2 N–H and O–H groups in total. The van der Waals surface area contributed by atoms with Gasteiger partial charge in [-0.15, -0.1) is 0 Å². The Bertz CT molecular complexity index is 361. The minimum absolute atomic E-state index is 0.179. The zero-order chi connectivity index (χ0) is 16.3. The lowest BCUT2D eigenvalue weighted by Crippen LogP contribution is -2.12. The quantitative estimate of drug-likeness (QED) is 0.247. The van der Waals surface area contributed by atoms with Gasteiger partial charge >= 0.3 is 13.6 Å². The van der Waals surface area contributed by atoms with Crippen molar-refractivity contribution in [1.82, 2.24) is 0 Å².